The summed E-state index contributed by atoms with van der Waals surface area (Å²) < 4.78 is 33.0. The Balaban J connectivity index is 1.29. The van der Waals surface area contributed by atoms with Crippen molar-refractivity contribution >= 4 is 27.3 Å². The standard InChI is InChI=1S/C26H29N3O4S/c1-33-24-11-7-23(8-12-24)28-34(31,32)25-13-9-22(10-14-25)27-26(30)21-15-17-29(18-16-21)19-20-5-3-2-4-6-20/h2-14,21,28H,15-19H2,1H3,(H,27,30). The topological polar surface area (TPSA) is 87.7 Å². The van der Waals surface area contributed by atoms with Gasteiger partial charge in [0, 0.05) is 23.8 Å². The third kappa shape index (κ3) is 6.15. The van der Waals surface area contributed by atoms with Crippen LogP contribution < -0.4 is 14.8 Å². The molecule has 1 amide bonds. The first-order valence-corrected chi connectivity index (χ1v) is 12.8. The van der Waals surface area contributed by atoms with Gasteiger partial charge in [0.2, 0.25) is 5.91 Å². The summed E-state index contributed by atoms with van der Waals surface area (Å²) in [5, 5.41) is 2.93. The van der Waals surface area contributed by atoms with Crippen LogP contribution in [0, 0.1) is 5.92 Å². The molecule has 7 nitrogen and oxygen atoms in total. The fourth-order valence-corrected chi connectivity index (χ4v) is 5.09. The molecule has 0 aromatic heterocycles. The second-order valence-electron chi connectivity index (χ2n) is 8.38. The van der Waals surface area contributed by atoms with E-state index in [1.807, 2.05) is 18.2 Å². The summed E-state index contributed by atoms with van der Waals surface area (Å²) in [5.41, 5.74) is 2.30. The highest BCUT2D eigenvalue weighted by molar-refractivity contribution is 7.92. The molecule has 4 rings (SSSR count). The first-order chi connectivity index (χ1) is 16.4. The first-order valence-electron chi connectivity index (χ1n) is 11.3. The van der Waals surface area contributed by atoms with E-state index in [9.17, 15) is 13.2 Å². The van der Waals surface area contributed by atoms with Crippen molar-refractivity contribution in [2.75, 3.05) is 30.2 Å². The molecule has 0 aliphatic carbocycles. The molecule has 0 radical (unpaired) electrons. The van der Waals surface area contributed by atoms with Crippen LogP contribution in [-0.2, 0) is 21.4 Å². The molecule has 178 valence electrons. The van der Waals surface area contributed by atoms with Gasteiger partial charge in [0.1, 0.15) is 5.75 Å². The maximum atomic E-state index is 12.7. The molecular weight excluding hydrogens is 450 g/mol. The Kier molecular flexibility index (Phi) is 7.49. The van der Waals surface area contributed by atoms with E-state index < -0.39 is 10.0 Å². The lowest BCUT2D eigenvalue weighted by Gasteiger charge is -2.31. The molecule has 34 heavy (non-hydrogen) atoms. The summed E-state index contributed by atoms with van der Waals surface area (Å²) in [4.78, 5) is 15.2. The summed E-state index contributed by atoms with van der Waals surface area (Å²) in [6.45, 7) is 2.65. The molecule has 2 N–H and O–H groups in total. The average Bonchev–Trinajstić information content (AvgIpc) is 2.86. The summed E-state index contributed by atoms with van der Waals surface area (Å²) in [7, 11) is -2.19. The van der Waals surface area contributed by atoms with Gasteiger partial charge < -0.3 is 10.1 Å². The molecule has 3 aromatic carbocycles. The Labute approximate surface area is 200 Å². The van der Waals surface area contributed by atoms with Gasteiger partial charge >= 0.3 is 0 Å². The monoisotopic (exact) mass is 479 g/mol. The number of hydrogen-bond donors (Lipinski definition) is 2. The molecule has 1 aliphatic rings. The fourth-order valence-electron chi connectivity index (χ4n) is 4.03. The van der Waals surface area contributed by atoms with Crippen molar-refractivity contribution < 1.29 is 17.9 Å². The maximum Gasteiger partial charge on any atom is 0.261 e. The zero-order valence-electron chi connectivity index (χ0n) is 19.1. The lowest BCUT2D eigenvalue weighted by Crippen LogP contribution is -2.37. The molecule has 1 fully saturated rings. The van der Waals surface area contributed by atoms with Crippen molar-refractivity contribution in [1.29, 1.82) is 0 Å². The number of sulfonamides is 1. The second kappa shape index (κ2) is 10.7. The molecule has 0 atom stereocenters. The number of ether oxygens (including phenoxy) is 1. The average molecular weight is 480 g/mol. The summed E-state index contributed by atoms with van der Waals surface area (Å²) >= 11 is 0. The molecule has 0 saturated carbocycles. The van der Waals surface area contributed by atoms with E-state index in [1.165, 1.54) is 17.7 Å². The van der Waals surface area contributed by atoms with Crippen LogP contribution in [0.25, 0.3) is 0 Å². The van der Waals surface area contributed by atoms with Gasteiger partial charge in [-0.1, -0.05) is 30.3 Å². The molecule has 0 spiro atoms. The van der Waals surface area contributed by atoms with E-state index in [-0.39, 0.29) is 16.7 Å². The van der Waals surface area contributed by atoms with Gasteiger partial charge in [-0.05, 0) is 80.0 Å². The third-order valence-electron chi connectivity index (χ3n) is 5.98. The number of hydrogen-bond acceptors (Lipinski definition) is 5. The zero-order valence-corrected chi connectivity index (χ0v) is 19.9. The van der Waals surface area contributed by atoms with Gasteiger partial charge in [-0.2, -0.15) is 0 Å². The van der Waals surface area contributed by atoms with Crippen LogP contribution in [0.15, 0.2) is 83.8 Å². The number of rotatable bonds is 8. The Hall–Kier alpha value is -3.36. The number of methoxy groups -OCH3 is 1. The minimum absolute atomic E-state index is 0.0219. The van der Waals surface area contributed by atoms with E-state index in [0.717, 1.165) is 32.5 Å². The number of amides is 1. The molecule has 1 saturated heterocycles. The van der Waals surface area contributed by atoms with Crippen LogP contribution in [0.5, 0.6) is 5.75 Å². The smallest absolute Gasteiger partial charge is 0.261 e. The lowest BCUT2D eigenvalue weighted by atomic mass is 9.95. The SMILES string of the molecule is COc1ccc(NS(=O)(=O)c2ccc(NC(=O)C3CCN(Cc4ccccc4)CC3)cc2)cc1. The maximum absolute atomic E-state index is 12.7. The van der Waals surface area contributed by atoms with E-state index in [4.69, 9.17) is 4.74 Å². The highest BCUT2D eigenvalue weighted by Crippen LogP contribution is 2.23. The number of benzene rings is 3. The van der Waals surface area contributed by atoms with Crippen molar-refractivity contribution in [3.63, 3.8) is 0 Å². The number of nitrogens with one attached hydrogen (secondary N) is 2. The van der Waals surface area contributed by atoms with Gasteiger partial charge in [-0.15, -0.1) is 0 Å². The van der Waals surface area contributed by atoms with Gasteiger partial charge in [0.05, 0.1) is 12.0 Å². The lowest BCUT2D eigenvalue weighted by molar-refractivity contribution is -0.121. The Bertz CT molecular complexity index is 1190. The molecule has 0 bridgehead atoms. The third-order valence-corrected chi connectivity index (χ3v) is 7.38. The molecule has 1 heterocycles. The molecule has 3 aromatic rings. The number of piperidine rings is 1. The Morgan fingerprint density at radius 2 is 1.53 bits per heavy atom. The van der Waals surface area contributed by atoms with Crippen molar-refractivity contribution in [3.05, 3.63) is 84.4 Å². The van der Waals surface area contributed by atoms with Crippen molar-refractivity contribution in [2.24, 2.45) is 5.92 Å². The zero-order chi connectivity index (χ0) is 24.0. The molecule has 0 unspecified atom stereocenters. The molecule has 8 heteroatoms. The van der Waals surface area contributed by atoms with Crippen LogP contribution in [0.2, 0.25) is 0 Å². The molecular formula is C26H29N3O4S. The Morgan fingerprint density at radius 1 is 0.912 bits per heavy atom. The second-order valence-corrected chi connectivity index (χ2v) is 10.1. The number of nitrogens with zero attached hydrogens (tertiary/aromatic N) is 1. The predicted octanol–water partition coefficient (Wildman–Crippen LogP) is 4.35. The van der Waals surface area contributed by atoms with Gasteiger partial charge in [0.25, 0.3) is 10.0 Å². The van der Waals surface area contributed by atoms with E-state index in [0.29, 0.717) is 17.1 Å². The quantitative estimate of drug-likeness (QED) is 0.502. The van der Waals surface area contributed by atoms with Crippen molar-refractivity contribution in [2.45, 2.75) is 24.3 Å². The summed E-state index contributed by atoms with van der Waals surface area (Å²) in [6.07, 6.45) is 1.60. The fraction of sp³-hybridized carbons (Fsp3) is 0.269. The number of carbonyl (C=O) groups is 1. The van der Waals surface area contributed by atoms with Gasteiger partial charge in [-0.25, -0.2) is 8.42 Å². The van der Waals surface area contributed by atoms with E-state index in [1.54, 1.807) is 43.5 Å². The Morgan fingerprint density at radius 3 is 2.15 bits per heavy atom. The van der Waals surface area contributed by atoms with Crippen molar-refractivity contribution in [3.8, 4) is 5.75 Å². The molecule has 1 aliphatic heterocycles. The van der Waals surface area contributed by atoms with Crippen molar-refractivity contribution in [1.82, 2.24) is 4.90 Å². The predicted molar refractivity (Wildman–Crippen MR) is 133 cm³/mol. The first kappa shape index (κ1) is 23.8. The summed E-state index contributed by atoms with van der Waals surface area (Å²) in [6, 6.07) is 23.2. The van der Waals surface area contributed by atoms with Gasteiger partial charge in [0.15, 0.2) is 0 Å². The van der Waals surface area contributed by atoms with Gasteiger partial charge in [-0.3, -0.25) is 14.4 Å². The van der Waals surface area contributed by atoms with E-state index >= 15 is 0 Å². The highest BCUT2D eigenvalue weighted by Gasteiger charge is 2.25. The van der Waals surface area contributed by atoms with Crippen LogP contribution in [0.1, 0.15) is 18.4 Å². The van der Waals surface area contributed by atoms with Crippen LogP contribution >= 0.6 is 0 Å². The number of carbonyl (C=O) groups excluding carboxylic acids is 1. The normalized spacial score (nSPS) is 15.0. The minimum atomic E-state index is -3.74. The number of likely N-dealkylation sites (tertiary alicyclic amines) is 1. The number of anilines is 2. The van der Waals surface area contributed by atoms with Crippen LogP contribution in [0.4, 0.5) is 11.4 Å². The van der Waals surface area contributed by atoms with Crippen LogP contribution in [0.3, 0.4) is 0 Å². The van der Waals surface area contributed by atoms with Crippen LogP contribution in [-0.4, -0.2) is 39.4 Å². The highest BCUT2D eigenvalue weighted by atomic mass is 32.2. The summed E-state index contributed by atoms with van der Waals surface area (Å²) in [5.74, 6) is 0.573. The minimum Gasteiger partial charge on any atom is -0.497 e. The largest absolute Gasteiger partial charge is 0.497 e. The van der Waals surface area contributed by atoms with E-state index in [2.05, 4.69) is 27.1 Å².